The van der Waals surface area contributed by atoms with Crippen molar-refractivity contribution in [3.8, 4) is 5.75 Å². The van der Waals surface area contributed by atoms with Crippen LogP contribution in [0.25, 0.3) is 10.2 Å². The van der Waals surface area contributed by atoms with E-state index in [9.17, 15) is 0 Å². The summed E-state index contributed by atoms with van der Waals surface area (Å²) in [4.78, 5) is 9.43. The number of aromatic nitrogens is 2. The highest BCUT2D eigenvalue weighted by Crippen LogP contribution is 2.34. The minimum Gasteiger partial charge on any atom is -0.484 e. The van der Waals surface area contributed by atoms with E-state index in [-0.39, 0.29) is 6.61 Å². The Hall–Kier alpha value is -0.590. The zero-order valence-corrected chi connectivity index (χ0v) is 14.9. The third kappa shape index (κ3) is 3.27. The van der Waals surface area contributed by atoms with Crippen LogP contribution in [0.1, 0.15) is 5.82 Å². The van der Waals surface area contributed by atoms with Crippen LogP contribution in [0.2, 0.25) is 15.2 Å². The lowest BCUT2D eigenvalue weighted by Crippen LogP contribution is -2.02. The Morgan fingerprint density at radius 1 is 1.14 bits per heavy atom. The van der Waals surface area contributed by atoms with Gasteiger partial charge >= 0.3 is 0 Å². The second-order valence-corrected chi connectivity index (χ2v) is 6.98. The van der Waals surface area contributed by atoms with Gasteiger partial charge in [0, 0.05) is 15.9 Å². The SMILES string of the molecule is Clc1cc(OCc2nc(Cl)c3ccsc3n2)c(Cl)cc1Br. The fraction of sp³-hybridized carbons (Fsp3) is 0.0769. The maximum atomic E-state index is 6.11. The lowest BCUT2D eigenvalue weighted by Gasteiger charge is -2.09. The molecule has 1 aromatic carbocycles. The van der Waals surface area contributed by atoms with E-state index < -0.39 is 0 Å². The molecule has 0 unspecified atom stereocenters. The second kappa shape index (κ2) is 6.26. The van der Waals surface area contributed by atoms with Gasteiger partial charge in [0.1, 0.15) is 22.3 Å². The van der Waals surface area contributed by atoms with Crippen LogP contribution in [0.3, 0.4) is 0 Å². The van der Waals surface area contributed by atoms with Gasteiger partial charge in [0.05, 0.1) is 10.0 Å². The van der Waals surface area contributed by atoms with Gasteiger partial charge in [0.25, 0.3) is 0 Å². The van der Waals surface area contributed by atoms with Crippen LogP contribution in [-0.2, 0) is 6.61 Å². The number of hydrogen-bond donors (Lipinski definition) is 0. The summed E-state index contributed by atoms with van der Waals surface area (Å²) in [7, 11) is 0. The normalized spacial score (nSPS) is 11.0. The van der Waals surface area contributed by atoms with Gasteiger partial charge in [-0.05, 0) is 33.4 Å². The summed E-state index contributed by atoms with van der Waals surface area (Å²) in [6.07, 6.45) is 0. The summed E-state index contributed by atoms with van der Waals surface area (Å²) in [6, 6.07) is 5.20. The molecule has 0 saturated carbocycles. The van der Waals surface area contributed by atoms with Gasteiger partial charge < -0.3 is 4.74 Å². The molecule has 0 bridgehead atoms. The van der Waals surface area contributed by atoms with Crippen LogP contribution in [0.4, 0.5) is 0 Å². The molecule has 3 aromatic rings. The molecular weight excluding hydrogens is 418 g/mol. The largest absolute Gasteiger partial charge is 0.484 e. The van der Waals surface area contributed by atoms with Crippen LogP contribution >= 0.6 is 62.1 Å². The highest BCUT2D eigenvalue weighted by Gasteiger charge is 2.10. The van der Waals surface area contributed by atoms with Crippen LogP contribution in [0.15, 0.2) is 28.1 Å². The van der Waals surface area contributed by atoms with Crippen LogP contribution in [0, 0.1) is 0 Å². The van der Waals surface area contributed by atoms with Crippen LogP contribution in [-0.4, -0.2) is 9.97 Å². The monoisotopic (exact) mass is 422 g/mol. The van der Waals surface area contributed by atoms with Crippen LogP contribution < -0.4 is 4.74 Å². The molecule has 0 aliphatic carbocycles. The van der Waals surface area contributed by atoms with Gasteiger partial charge in [-0.3, -0.25) is 0 Å². The van der Waals surface area contributed by atoms with Gasteiger partial charge in [0.15, 0.2) is 5.82 Å². The summed E-state index contributed by atoms with van der Waals surface area (Å²) in [6.45, 7) is 0.158. The molecule has 0 atom stereocenters. The molecular formula is C13H6BrCl3N2OS. The number of hydrogen-bond acceptors (Lipinski definition) is 4. The molecule has 0 radical (unpaired) electrons. The predicted molar refractivity (Wildman–Crippen MR) is 90.9 cm³/mol. The number of nitrogens with zero attached hydrogens (tertiary/aromatic N) is 2. The number of benzene rings is 1. The molecule has 8 heteroatoms. The van der Waals surface area contributed by atoms with E-state index in [2.05, 4.69) is 25.9 Å². The van der Waals surface area contributed by atoms with Gasteiger partial charge in [-0.25, -0.2) is 9.97 Å². The lowest BCUT2D eigenvalue weighted by molar-refractivity contribution is 0.296. The topological polar surface area (TPSA) is 35.0 Å². The number of rotatable bonds is 3. The third-order valence-electron chi connectivity index (χ3n) is 2.66. The molecule has 0 saturated heterocycles. The van der Waals surface area contributed by atoms with Crippen LogP contribution in [0.5, 0.6) is 5.75 Å². The van der Waals surface area contributed by atoms with Crippen molar-refractivity contribution in [3.05, 3.63) is 49.1 Å². The fourth-order valence-electron chi connectivity index (χ4n) is 1.68. The molecule has 3 rings (SSSR count). The van der Waals surface area contributed by atoms with E-state index >= 15 is 0 Å². The van der Waals surface area contributed by atoms with Crippen molar-refractivity contribution in [2.75, 3.05) is 0 Å². The molecule has 2 heterocycles. The van der Waals surface area contributed by atoms with Crippen molar-refractivity contribution in [3.63, 3.8) is 0 Å². The molecule has 0 fully saturated rings. The van der Waals surface area contributed by atoms with Crippen molar-refractivity contribution in [2.45, 2.75) is 6.61 Å². The summed E-state index contributed by atoms with van der Waals surface area (Å²) in [5.41, 5.74) is 0. The van der Waals surface area contributed by atoms with Crippen molar-refractivity contribution < 1.29 is 4.74 Å². The van der Waals surface area contributed by atoms with Gasteiger partial charge in [-0.2, -0.15) is 0 Å². The number of fused-ring (bicyclic) bond motifs is 1. The first kappa shape index (κ1) is 15.3. The van der Waals surface area contributed by atoms with E-state index in [4.69, 9.17) is 39.5 Å². The maximum absolute atomic E-state index is 6.11. The summed E-state index contributed by atoms with van der Waals surface area (Å²) < 4.78 is 6.33. The van der Waals surface area contributed by atoms with Crippen molar-refractivity contribution in [1.82, 2.24) is 9.97 Å². The Labute approximate surface area is 148 Å². The molecule has 21 heavy (non-hydrogen) atoms. The minimum atomic E-state index is 0.158. The van der Waals surface area contributed by atoms with E-state index in [1.54, 1.807) is 12.1 Å². The van der Waals surface area contributed by atoms with Crippen molar-refractivity contribution >= 4 is 72.3 Å². The predicted octanol–water partition coefficient (Wildman–Crippen LogP) is 5.99. The standard InChI is InChI=1S/C13H6BrCl3N2OS/c14-7-3-9(16)10(4-8(7)15)20-5-11-18-12(17)6-1-2-21-13(6)19-11/h1-4H,5H2. The van der Waals surface area contributed by atoms with E-state index in [1.165, 1.54) is 11.3 Å². The van der Waals surface area contributed by atoms with Gasteiger partial charge in [-0.1, -0.05) is 34.8 Å². The van der Waals surface area contributed by atoms with Crippen molar-refractivity contribution in [1.29, 1.82) is 0 Å². The first-order valence-corrected chi connectivity index (χ1v) is 8.52. The third-order valence-corrected chi connectivity index (χ3v) is 5.24. The quantitative estimate of drug-likeness (QED) is 0.382. The highest BCUT2D eigenvalue weighted by molar-refractivity contribution is 9.10. The Morgan fingerprint density at radius 3 is 2.76 bits per heavy atom. The number of thiophene rings is 1. The summed E-state index contributed by atoms with van der Waals surface area (Å²) in [5.74, 6) is 0.959. The molecule has 0 amide bonds. The fourth-order valence-corrected chi connectivity index (χ4v) is 3.62. The lowest BCUT2D eigenvalue weighted by atomic mass is 10.3. The van der Waals surface area contributed by atoms with E-state index in [0.717, 1.165) is 10.2 Å². The summed E-state index contributed by atoms with van der Waals surface area (Å²) in [5, 5.41) is 4.15. The Kier molecular flexibility index (Phi) is 4.57. The number of ether oxygens (including phenoxy) is 1. The average Bonchev–Trinajstić information content (AvgIpc) is 2.90. The first-order valence-electron chi connectivity index (χ1n) is 5.71. The molecule has 0 aliphatic heterocycles. The van der Waals surface area contributed by atoms with Crippen molar-refractivity contribution in [2.24, 2.45) is 0 Å². The minimum absolute atomic E-state index is 0.158. The first-order chi connectivity index (χ1) is 10.0. The Balaban J connectivity index is 1.85. The number of halogens is 4. The maximum Gasteiger partial charge on any atom is 0.169 e. The van der Waals surface area contributed by atoms with Gasteiger partial charge in [0.2, 0.25) is 0 Å². The molecule has 2 aromatic heterocycles. The molecule has 0 aliphatic rings. The van der Waals surface area contributed by atoms with Gasteiger partial charge in [-0.15, -0.1) is 11.3 Å². The molecule has 3 nitrogen and oxygen atoms in total. The molecule has 0 N–H and O–H groups in total. The average molecular weight is 425 g/mol. The summed E-state index contributed by atoms with van der Waals surface area (Å²) >= 11 is 23.0. The molecule has 0 spiro atoms. The zero-order chi connectivity index (χ0) is 15.0. The second-order valence-electron chi connectivity index (χ2n) is 4.06. The Morgan fingerprint density at radius 2 is 1.95 bits per heavy atom. The van der Waals surface area contributed by atoms with E-state index in [1.807, 2.05) is 11.4 Å². The molecule has 108 valence electrons. The Bertz CT molecular complexity index is 825. The zero-order valence-electron chi connectivity index (χ0n) is 10.2. The van der Waals surface area contributed by atoms with E-state index in [0.29, 0.717) is 31.2 Å². The smallest absolute Gasteiger partial charge is 0.169 e. The highest BCUT2D eigenvalue weighted by atomic mass is 79.9.